The van der Waals surface area contributed by atoms with Crippen molar-refractivity contribution in [1.29, 1.82) is 0 Å². The molecule has 0 radical (unpaired) electrons. The minimum atomic E-state index is -0.698. The van der Waals surface area contributed by atoms with Crippen molar-refractivity contribution < 1.29 is 25.0 Å². The molecule has 0 bridgehead atoms. The molecule has 9 aromatic rings. The summed E-state index contributed by atoms with van der Waals surface area (Å²) in [6.07, 6.45) is 0. The van der Waals surface area contributed by atoms with E-state index in [2.05, 4.69) is 0 Å². The van der Waals surface area contributed by atoms with Gasteiger partial charge >= 0.3 is 0 Å². The molecule has 45 heavy (non-hydrogen) atoms. The van der Waals surface area contributed by atoms with Gasteiger partial charge in [-0.05, 0) is 78.6 Å². The van der Waals surface area contributed by atoms with Crippen LogP contribution in [0.1, 0.15) is 20.6 Å². The van der Waals surface area contributed by atoms with E-state index >= 15 is 0 Å². The molecular weight excluding hydrogens is 544 g/mol. The maximum Gasteiger partial charge on any atom is 0.136 e. The number of rotatable bonds is 4. The smallest absolute Gasteiger partial charge is 0.136 e. The molecule has 0 fully saturated rings. The van der Waals surface area contributed by atoms with Gasteiger partial charge in [0.05, 0.1) is 20.6 Å². The van der Waals surface area contributed by atoms with Gasteiger partial charge in [-0.3, -0.25) is 0 Å². The topological polar surface area (TPSA) is 13.1 Å². The molecule has 1 heteroatoms. The highest BCUT2D eigenvalue weighted by Crippen LogP contribution is 2.50. The van der Waals surface area contributed by atoms with Crippen molar-refractivity contribution in [3.8, 4) is 44.5 Å². The van der Waals surface area contributed by atoms with Crippen molar-refractivity contribution in [3.63, 3.8) is 0 Å². The van der Waals surface area contributed by atoms with E-state index in [-0.39, 0.29) is 67.9 Å². The Labute approximate surface area is 282 Å². The summed E-state index contributed by atoms with van der Waals surface area (Å²) < 4.78 is 140. The van der Waals surface area contributed by atoms with Gasteiger partial charge in [0, 0.05) is 16.3 Å². The molecule has 1 nitrogen and oxygen atoms in total. The third kappa shape index (κ3) is 4.09. The van der Waals surface area contributed by atoms with Crippen molar-refractivity contribution in [1.82, 2.24) is 0 Å². The first kappa shape index (κ1) is 14.7. The molecule has 0 atom stereocenters. The van der Waals surface area contributed by atoms with Gasteiger partial charge in [0.25, 0.3) is 0 Å². The summed E-state index contributed by atoms with van der Waals surface area (Å²) >= 11 is 0. The summed E-state index contributed by atoms with van der Waals surface area (Å²) in [6, 6.07) is 14.5. The highest BCUT2D eigenvalue weighted by atomic mass is 16.3. The number of hydrogen-bond donors (Lipinski definition) is 0. The van der Waals surface area contributed by atoms with Crippen molar-refractivity contribution in [2.24, 2.45) is 0 Å². The van der Waals surface area contributed by atoms with Gasteiger partial charge < -0.3 is 4.42 Å². The Hall–Kier alpha value is -5.92. The predicted molar refractivity (Wildman–Crippen MR) is 190 cm³/mol. The zero-order chi connectivity index (χ0) is 42.8. The molecule has 1 aromatic heterocycles. The molecular formula is C44H28O. The van der Waals surface area contributed by atoms with Crippen LogP contribution in [0.4, 0.5) is 0 Å². The highest BCUT2D eigenvalue weighted by molar-refractivity contribution is 6.27. The summed E-state index contributed by atoms with van der Waals surface area (Å²) in [5, 5.41) is 1.46. The van der Waals surface area contributed by atoms with Crippen LogP contribution >= 0.6 is 0 Å². The van der Waals surface area contributed by atoms with E-state index in [0.717, 1.165) is 0 Å². The lowest BCUT2D eigenvalue weighted by Crippen LogP contribution is -1.94. The SMILES string of the molecule is [2H]c1c([2H])c([2H])c(-c2c([2H])c([2H])c3oc4c([2H])c([2H])c([2H])c([2H])c4c3c2-c2c3ccccc3c(-c3c([2H])c([2H])c([2H])c(-c4ccccc4)c3[2H])c3ccccc23)c([2H])c1[2H]. The maximum absolute atomic E-state index is 9.58. The van der Waals surface area contributed by atoms with Crippen LogP contribution < -0.4 is 0 Å². The molecule has 0 saturated carbocycles. The first-order chi connectivity index (χ1) is 28.6. The monoisotopic (exact) mass is 587 g/mol. The van der Waals surface area contributed by atoms with Crippen molar-refractivity contribution >= 4 is 43.5 Å². The van der Waals surface area contributed by atoms with Crippen LogP contribution in [0.25, 0.3) is 88.0 Å². The zero-order valence-electron chi connectivity index (χ0n) is 38.4. The van der Waals surface area contributed by atoms with Crippen LogP contribution in [-0.4, -0.2) is 0 Å². The van der Waals surface area contributed by atoms with E-state index in [1.165, 1.54) is 0 Å². The molecule has 0 unspecified atom stereocenters. The van der Waals surface area contributed by atoms with Crippen molar-refractivity contribution in [2.75, 3.05) is 0 Å². The van der Waals surface area contributed by atoms with Gasteiger partial charge in [-0.15, -0.1) is 0 Å². The Morgan fingerprint density at radius 1 is 0.378 bits per heavy atom. The van der Waals surface area contributed by atoms with Crippen LogP contribution in [0, 0.1) is 0 Å². The predicted octanol–water partition coefficient (Wildman–Crippen LogP) is 12.6. The molecule has 1 heterocycles. The minimum absolute atomic E-state index is 0.00267. The van der Waals surface area contributed by atoms with E-state index in [9.17, 15) is 5.48 Å². The number of fused-ring (bicyclic) bond motifs is 5. The second-order valence-corrected chi connectivity index (χ2v) is 10.5. The maximum atomic E-state index is 9.58. The fourth-order valence-electron chi connectivity index (χ4n) is 6.15. The minimum Gasteiger partial charge on any atom is -0.456 e. The second-order valence-electron chi connectivity index (χ2n) is 10.5. The van der Waals surface area contributed by atoms with Crippen molar-refractivity contribution in [3.05, 3.63) is 169 Å². The third-order valence-electron chi connectivity index (χ3n) is 8.00. The average Bonchev–Trinajstić information content (AvgIpc) is 3.66. The Kier molecular flexibility index (Phi) is 3.39. The Morgan fingerprint density at radius 3 is 1.71 bits per heavy atom. The van der Waals surface area contributed by atoms with E-state index in [0.29, 0.717) is 32.7 Å². The summed E-state index contributed by atoms with van der Waals surface area (Å²) in [5.74, 6) is 0. The van der Waals surface area contributed by atoms with E-state index in [1.807, 2.05) is 0 Å². The molecule has 210 valence electrons. The van der Waals surface area contributed by atoms with Crippen molar-refractivity contribution in [2.45, 2.75) is 0 Å². The fraction of sp³-hybridized carbons (Fsp3) is 0. The van der Waals surface area contributed by atoms with Crippen LogP contribution in [0.3, 0.4) is 0 Å². The summed E-state index contributed by atoms with van der Waals surface area (Å²) in [6.45, 7) is 0. The number of para-hydroxylation sites is 1. The standard InChI is InChI=1S/C44H28O/c1-3-14-29(15-4-1)31-18-13-19-32(28-31)41-34-20-7-9-22-36(34)42(37-23-10-8-21-35(37)41)44-33(30-16-5-2-6-17-30)26-27-40-43(44)38-24-11-12-25-39(38)45-40/h1-28H/i2D,5D,6D,11D,12D,13D,16D,17D,18D,19D,24D,25D,26D,27D,28D. The van der Waals surface area contributed by atoms with Gasteiger partial charge in [-0.25, -0.2) is 0 Å². The van der Waals surface area contributed by atoms with Crippen LogP contribution in [0.2, 0.25) is 0 Å². The van der Waals surface area contributed by atoms with E-state index < -0.39 is 78.1 Å². The Balaban J connectivity index is 1.58. The third-order valence-corrected chi connectivity index (χ3v) is 8.00. The Bertz CT molecular complexity index is 3290. The highest BCUT2D eigenvalue weighted by Gasteiger charge is 2.23. The van der Waals surface area contributed by atoms with Crippen LogP contribution in [-0.2, 0) is 0 Å². The van der Waals surface area contributed by atoms with Gasteiger partial charge in [0.1, 0.15) is 11.2 Å². The normalized spacial score (nSPS) is 16.2. The Morgan fingerprint density at radius 2 is 0.978 bits per heavy atom. The first-order valence-electron chi connectivity index (χ1n) is 21.7. The summed E-state index contributed by atoms with van der Waals surface area (Å²) in [4.78, 5) is 0. The lowest BCUT2D eigenvalue weighted by Gasteiger charge is -2.20. The average molecular weight is 588 g/mol. The molecule has 0 aliphatic carbocycles. The fourth-order valence-corrected chi connectivity index (χ4v) is 6.15. The largest absolute Gasteiger partial charge is 0.456 e. The second kappa shape index (κ2) is 10.4. The lowest BCUT2D eigenvalue weighted by atomic mass is 9.82. The number of benzene rings is 8. The molecule has 9 rings (SSSR count). The molecule has 0 spiro atoms. The van der Waals surface area contributed by atoms with Gasteiger partial charge in [-0.2, -0.15) is 0 Å². The zero-order valence-corrected chi connectivity index (χ0v) is 23.4. The lowest BCUT2D eigenvalue weighted by molar-refractivity contribution is 0.669. The quantitative estimate of drug-likeness (QED) is 0.187. The van der Waals surface area contributed by atoms with Crippen LogP contribution in [0.5, 0.6) is 0 Å². The molecule has 0 aliphatic heterocycles. The van der Waals surface area contributed by atoms with Gasteiger partial charge in [0.2, 0.25) is 0 Å². The molecule has 0 N–H and O–H groups in total. The summed E-state index contributed by atoms with van der Waals surface area (Å²) in [5.41, 5.74) is 0.0889. The van der Waals surface area contributed by atoms with E-state index in [4.69, 9.17) is 19.5 Å². The molecule has 0 aliphatic rings. The molecule has 8 aromatic carbocycles. The van der Waals surface area contributed by atoms with Gasteiger partial charge in [0.15, 0.2) is 0 Å². The first-order valence-corrected chi connectivity index (χ1v) is 14.2. The molecule has 0 saturated heterocycles. The number of hydrogen-bond acceptors (Lipinski definition) is 1. The summed E-state index contributed by atoms with van der Waals surface area (Å²) in [7, 11) is 0. The molecule has 0 amide bonds. The van der Waals surface area contributed by atoms with Gasteiger partial charge in [-0.1, -0.05) is 151 Å². The number of furan rings is 1. The van der Waals surface area contributed by atoms with E-state index in [1.54, 1.807) is 78.9 Å². The van der Waals surface area contributed by atoms with Crippen LogP contribution in [0.15, 0.2) is 174 Å².